The summed E-state index contributed by atoms with van der Waals surface area (Å²) in [6, 6.07) is 0. The highest BCUT2D eigenvalue weighted by molar-refractivity contribution is 5.83. The Morgan fingerprint density at radius 3 is 2.24 bits per heavy atom. The van der Waals surface area contributed by atoms with E-state index in [1.807, 2.05) is 0 Å². The number of esters is 2. The van der Waals surface area contributed by atoms with E-state index in [0.29, 0.717) is 12.3 Å². The van der Waals surface area contributed by atoms with Gasteiger partial charge >= 0.3 is 11.9 Å². The molecule has 5 aliphatic rings. The molecule has 5 nitrogen and oxygen atoms in total. The Bertz CT molecular complexity index is 1040. The van der Waals surface area contributed by atoms with Crippen LogP contribution in [-0.2, 0) is 19.1 Å². The highest BCUT2D eigenvalue weighted by Crippen LogP contribution is 2.76. The molecule has 9 atom stereocenters. The minimum absolute atomic E-state index is 0.0155. The number of aliphatic hydroxyl groups is 1. The highest BCUT2D eigenvalue weighted by Gasteiger charge is 2.73. The molecule has 0 saturated heterocycles. The van der Waals surface area contributed by atoms with Gasteiger partial charge in [-0.05, 0) is 97.2 Å². The Balaban J connectivity index is 1.64. The quantitative estimate of drug-likeness (QED) is 0.313. The van der Waals surface area contributed by atoms with Crippen molar-refractivity contribution in [3.63, 3.8) is 0 Å². The summed E-state index contributed by atoms with van der Waals surface area (Å²) in [6.07, 6.45) is 10.2. The van der Waals surface area contributed by atoms with Crippen LogP contribution in [0, 0.1) is 50.2 Å². The van der Waals surface area contributed by atoms with Crippen LogP contribution in [0.5, 0.6) is 0 Å². The number of methoxy groups -OCH3 is 1. The van der Waals surface area contributed by atoms with E-state index >= 15 is 0 Å². The minimum atomic E-state index is -0.700. The number of aliphatic hydroxyl groups excluding tert-OH is 1. The van der Waals surface area contributed by atoms with Gasteiger partial charge in [0.05, 0.1) is 18.6 Å². The molecule has 0 spiro atoms. The standard InChI is InChI=1S/C33H52O5/c1-20(34)38-25-12-13-31(7)24-11-10-21-22-18-28(2,3)14-15-30(22,6)16-17-33(21,27(36)37-9)32(24,8)19-23(35)26(31)29(25,4)5/h10,22-26,35H,11-19H2,1-9H3. The first-order chi connectivity index (χ1) is 17.5. The molecule has 0 heterocycles. The zero-order valence-corrected chi connectivity index (χ0v) is 25.4. The summed E-state index contributed by atoms with van der Waals surface area (Å²) in [7, 11) is 1.55. The molecule has 0 amide bonds. The molecule has 0 aromatic heterocycles. The predicted molar refractivity (Wildman–Crippen MR) is 148 cm³/mol. The van der Waals surface area contributed by atoms with E-state index in [9.17, 15) is 14.7 Å². The molecule has 4 fully saturated rings. The molecule has 1 N–H and O–H groups in total. The zero-order valence-electron chi connectivity index (χ0n) is 25.4. The molecule has 5 rings (SSSR count). The second-order valence-corrected chi connectivity index (χ2v) is 16.1. The average molecular weight is 529 g/mol. The maximum absolute atomic E-state index is 14.2. The van der Waals surface area contributed by atoms with Crippen LogP contribution >= 0.6 is 0 Å². The van der Waals surface area contributed by atoms with Crippen LogP contribution < -0.4 is 0 Å². The highest BCUT2D eigenvalue weighted by atomic mass is 16.5. The number of allylic oxidation sites excluding steroid dienone is 1. The maximum Gasteiger partial charge on any atom is 0.316 e. The smallest absolute Gasteiger partial charge is 0.316 e. The van der Waals surface area contributed by atoms with Crippen LogP contribution in [0.25, 0.3) is 0 Å². The van der Waals surface area contributed by atoms with Gasteiger partial charge in [0.2, 0.25) is 0 Å². The molecule has 38 heavy (non-hydrogen) atoms. The fourth-order valence-corrected chi connectivity index (χ4v) is 11.4. The fourth-order valence-electron chi connectivity index (χ4n) is 11.4. The third kappa shape index (κ3) is 3.58. The molecule has 5 aliphatic carbocycles. The van der Waals surface area contributed by atoms with Gasteiger partial charge in [0.1, 0.15) is 6.10 Å². The molecule has 0 aromatic rings. The average Bonchev–Trinajstić information content (AvgIpc) is 2.80. The van der Waals surface area contributed by atoms with Crippen LogP contribution in [0.2, 0.25) is 0 Å². The van der Waals surface area contributed by atoms with Crippen molar-refractivity contribution in [1.82, 2.24) is 0 Å². The van der Waals surface area contributed by atoms with Gasteiger partial charge in [-0.2, -0.15) is 0 Å². The molecule has 4 saturated carbocycles. The summed E-state index contributed by atoms with van der Waals surface area (Å²) in [5.41, 5.74) is 0.154. The van der Waals surface area contributed by atoms with Crippen LogP contribution in [0.1, 0.15) is 113 Å². The molecule has 0 radical (unpaired) electrons. The van der Waals surface area contributed by atoms with Gasteiger partial charge in [-0.1, -0.05) is 60.1 Å². The summed E-state index contributed by atoms with van der Waals surface area (Å²) in [5.74, 6) is 0.250. The van der Waals surface area contributed by atoms with Gasteiger partial charge in [-0.15, -0.1) is 0 Å². The van der Waals surface area contributed by atoms with Crippen molar-refractivity contribution >= 4 is 11.9 Å². The number of hydrogen-bond acceptors (Lipinski definition) is 5. The number of hydrogen-bond donors (Lipinski definition) is 1. The lowest BCUT2D eigenvalue weighted by molar-refractivity contribution is -0.249. The van der Waals surface area contributed by atoms with E-state index in [1.165, 1.54) is 25.3 Å². The number of carbonyl (C=O) groups is 2. The topological polar surface area (TPSA) is 72.8 Å². The van der Waals surface area contributed by atoms with E-state index in [1.54, 1.807) is 7.11 Å². The van der Waals surface area contributed by atoms with E-state index < -0.39 is 16.9 Å². The molecule has 9 unspecified atom stereocenters. The Labute approximate surface area is 230 Å². The van der Waals surface area contributed by atoms with Crippen molar-refractivity contribution in [2.24, 2.45) is 50.2 Å². The van der Waals surface area contributed by atoms with Crippen molar-refractivity contribution in [2.45, 2.75) is 125 Å². The largest absolute Gasteiger partial charge is 0.468 e. The van der Waals surface area contributed by atoms with Crippen LogP contribution in [0.3, 0.4) is 0 Å². The second kappa shape index (κ2) is 8.57. The van der Waals surface area contributed by atoms with E-state index in [4.69, 9.17) is 9.47 Å². The summed E-state index contributed by atoms with van der Waals surface area (Å²) in [5, 5.41) is 12.1. The molecular weight excluding hydrogens is 476 g/mol. The van der Waals surface area contributed by atoms with E-state index in [-0.39, 0.29) is 51.5 Å². The third-order valence-corrected chi connectivity index (χ3v) is 13.2. The predicted octanol–water partition coefficient (Wildman–Crippen LogP) is 6.86. The van der Waals surface area contributed by atoms with E-state index in [2.05, 4.69) is 54.5 Å². The molecule has 0 aliphatic heterocycles. The summed E-state index contributed by atoms with van der Waals surface area (Å²) in [4.78, 5) is 26.1. The monoisotopic (exact) mass is 528 g/mol. The number of ether oxygens (including phenoxy) is 2. The lowest BCUT2D eigenvalue weighted by Crippen LogP contribution is -2.70. The lowest BCUT2D eigenvalue weighted by Gasteiger charge is -2.71. The zero-order chi connectivity index (χ0) is 28.1. The molecular formula is C33H52O5. The molecule has 0 bridgehead atoms. The SMILES string of the molecule is COC(=O)C12CCC3(C)CCC(C)(C)CC3C1=CCC1C3(C)CCC(OC(C)=O)C(C)(C)C3C(O)CC12C. The van der Waals surface area contributed by atoms with Crippen LogP contribution in [0.4, 0.5) is 0 Å². The first-order valence-corrected chi connectivity index (χ1v) is 15.1. The van der Waals surface area contributed by atoms with Crippen LogP contribution in [0.15, 0.2) is 11.6 Å². The maximum atomic E-state index is 14.2. The lowest BCUT2D eigenvalue weighted by atomic mass is 9.33. The Kier molecular flexibility index (Phi) is 6.36. The van der Waals surface area contributed by atoms with Crippen molar-refractivity contribution in [3.8, 4) is 0 Å². The summed E-state index contributed by atoms with van der Waals surface area (Å²) >= 11 is 0. The van der Waals surface area contributed by atoms with E-state index in [0.717, 1.165) is 38.5 Å². The van der Waals surface area contributed by atoms with Gasteiger partial charge in [-0.25, -0.2) is 0 Å². The van der Waals surface area contributed by atoms with Crippen molar-refractivity contribution in [3.05, 3.63) is 11.6 Å². The molecule has 5 heteroatoms. The number of fused-ring (bicyclic) bond motifs is 7. The first-order valence-electron chi connectivity index (χ1n) is 15.1. The third-order valence-electron chi connectivity index (χ3n) is 13.2. The number of carbonyl (C=O) groups excluding carboxylic acids is 2. The van der Waals surface area contributed by atoms with Gasteiger partial charge in [0, 0.05) is 12.3 Å². The Hall–Kier alpha value is -1.36. The van der Waals surface area contributed by atoms with Crippen LogP contribution in [-0.4, -0.2) is 36.4 Å². The van der Waals surface area contributed by atoms with Crippen molar-refractivity contribution in [1.29, 1.82) is 0 Å². The van der Waals surface area contributed by atoms with Gasteiger partial charge in [0.15, 0.2) is 0 Å². The van der Waals surface area contributed by atoms with Crippen molar-refractivity contribution in [2.75, 3.05) is 7.11 Å². The minimum Gasteiger partial charge on any atom is -0.468 e. The second-order valence-electron chi connectivity index (χ2n) is 16.1. The molecule has 214 valence electrons. The fraction of sp³-hybridized carbons (Fsp3) is 0.879. The summed E-state index contributed by atoms with van der Waals surface area (Å²) in [6.45, 7) is 17.7. The number of rotatable bonds is 2. The Morgan fingerprint density at radius 2 is 1.61 bits per heavy atom. The van der Waals surface area contributed by atoms with Gasteiger partial charge < -0.3 is 14.6 Å². The van der Waals surface area contributed by atoms with Gasteiger partial charge in [-0.3, -0.25) is 9.59 Å². The summed E-state index contributed by atoms with van der Waals surface area (Å²) < 4.78 is 11.5. The molecule has 0 aromatic carbocycles. The normalized spacial score (nSPS) is 48.8. The first kappa shape index (κ1) is 28.2. The Morgan fingerprint density at radius 1 is 0.947 bits per heavy atom. The van der Waals surface area contributed by atoms with Crippen molar-refractivity contribution < 1.29 is 24.2 Å². The van der Waals surface area contributed by atoms with Gasteiger partial charge in [0.25, 0.3) is 0 Å².